The Morgan fingerprint density at radius 2 is 1.52 bits per heavy atom. The fourth-order valence-corrected chi connectivity index (χ4v) is 4.86. The summed E-state index contributed by atoms with van der Waals surface area (Å²) in [5, 5.41) is 9.47. The lowest BCUT2D eigenvalue weighted by Gasteiger charge is -2.31. The Kier molecular flexibility index (Phi) is 6.50. The van der Waals surface area contributed by atoms with Gasteiger partial charge in [-0.1, -0.05) is 65.7 Å². The van der Waals surface area contributed by atoms with E-state index in [0.29, 0.717) is 5.56 Å². The monoisotopic (exact) mass is 451 g/mol. The van der Waals surface area contributed by atoms with E-state index in [1.165, 1.54) is 30.3 Å². The highest BCUT2D eigenvalue weighted by Gasteiger charge is 2.37. The van der Waals surface area contributed by atoms with Gasteiger partial charge in [0.05, 0.1) is 27.8 Å². The highest BCUT2D eigenvalue weighted by Crippen LogP contribution is 2.57. The molecule has 0 aliphatic heterocycles. The molecule has 2 N–H and O–H groups in total. The highest BCUT2D eigenvalue weighted by atomic mass is 35.5. The van der Waals surface area contributed by atoms with Crippen molar-refractivity contribution in [2.45, 2.75) is 6.42 Å². The van der Waals surface area contributed by atoms with E-state index in [2.05, 4.69) is 0 Å². The Balaban J connectivity index is 2.21. The van der Waals surface area contributed by atoms with Gasteiger partial charge in [0.2, 0.25) is 0 Å². The van der Waals surface area contributed by atoms with Crippen LogP contribution in [0.2, 0.25) is 10.0 Å². The number of halogens is 2. The molecule has 1 unspecified atom stereocenters. The third kappa shape index (κ3) is 4.92. The summed E-state index contributed by atoms with van der Waals surface area (Å²) in [6, 6.07) is 19.0. The largest absolute Gasteiger partial charge is 0.491 e. The van der Waals surface area contributed by atoms with Gasteiger partial charge >= 0.3 is 13.7 Å². The maximum absolute atomic E-state index is 13.4. The van der Waals surface area contributed by atoms with Crippen LogP contribution in [0.3, 0.4) is 0 Å². The molecule has 0 spiro atoms. The van der Waals surface area contributed by atoms with E-state index in [-0.39, 0.29) is 33.6 Å². The molecule has 0 amide bonds. The number of carbonyl (C=O) groups is 1. The van der Waals surface area contributed by atoms with Crippen LogP contribution in [0.5, 0.6) is 5.75 Å². The topological polar surface area (TPSA) is 87.1 Å². The lowest BCUT2D eigenvalue weighted by atomic mass is 10.1. The molecule has 9 heteroatoms. The van der Waals surface area contributed by atoms with Crippen LogP contribution < -0.4 is 9.19 Å². The molecule has 0 fully saturated rings. The number of hydrogen-bond donors (Lipinski definition) is 2. The number of aliphatic carboxylic acids is 1. The summed E-state index contributed by atoms with van der Waals surface area (Å²) >= 11 is 12.6. The van der Waals surface area contributed by atoms with Crippen LogP contribution in [0.1, 0.15) is 5.56 Å². The van der Waals surface area contributed by atoms with Gasteiger partial charge in [0, 0.05) is 0 Å². The number of anilines is 2. The van der Waals surface area contributed by atoms with E-state index in [4.69, 9.17) is 27.7 Å². The summed E-state index contributed by atoms with van der Waals surface area (Å²) in [6.07, 6.45) is -0.375. The molecule has 0 saturated heterocycles. The van der Waals surface area contributed by atoms with Crippen LogP contribution >= 0.6 is 30.9 Å². The molecule has 1 atom stereocenters. The number of benzene rings is 3. The van der Waals surface area contributed by atoms with Gasteiger partial charge in [-0.2, -0.15) is 0 Å². The number of para-hydroxylation sites is 3. The van der Waals surface area contributed by atoms with Gasteiger partial charge in [-0.25, -0.2) is 9.24 Å². The zero-order valence-corrected chi connectivity index (χ0v) is 17.3. The molecule has 3 aromatic rings. The number of carboxylic acid groups (broad SMARTS) is 1. The van der Waals surface area contributed by atoms with Gasteiger partial charge in [0.1, 0.15) is 5.75 Å². The van der Waals surface area contributed by atoms with E-state index in [9.17, 15) is 19.4 Å². The van der Waals surface area contributed by atoms with Crippen LogP contribution in [0.25, 0.3) is 0 Å². The Morgan fingerprint density at radius 3 is 2.14 bits per heavy atom. The van der Waals surface area contributed by atoms with E-state index in [1.54, 1.807) is 42.5 Å². The second kappa shape index (κ2) is 8.89. The van der Waals surface area contributed by atoms with Gasteiger partial charge in [0.15, 0.2) is 0 Å². The minimum Gasteiger partial charge on any atom is -0.481 e. The van der Waals surface area contributed by atoms with Gasteiger partial charge in [0.25, 0.3) is 0 Å². The van der Waals surface area contributed by atoms with Crippen molar-refractivity contribution < 1.29 is 23.9 Å². The van der Waals surface area contributed by atoms with Crippen LogP contribution in [-0.2, 0) is 15.8 Å². The number of rotatable bonds is 7. The molecular weight excluding hydrogens is 436 g/mol. The molecule has 0 bridgehead atoms. The first-order valence-corrected chi connectivity index (χ1v) is 10.7. The molecule has 29 heavy (non-hydrogen) atoms. The van der Waals surface area contributed by atoms with Crippen molar-refractivity contribution in [3.05, 3.63) is 88.4 Å². The molecule has 0 radical (unpaired) electrons. The van der Waals surface area contributed by atoms with Crippen LogP contribution in [0.4, 0.5) is 11.4 Å². The maximum atomic E-state index is 13.4. The quantitative estimate of drug-likeness (QED) is 0.432. The average Bonchev–Trinajstić information content (AvgIpc) is 2.65. The van der Waals surface area contributed by atoms with E-state index in [1.807, 2.05) is 0 Å². The van der Waals surface area contributed by atoms with E-state index >= 15 is 0 Å². The summed E-state index contributed by atoms with van der Waals surface area (Å²) in [5.41, 5.74) is 0.476. The summed E-state index contributed by atoms with van der Waals surface area (Å²) < 4.78 is 19.8. The number of carboxylic acids is 1. The standard InChI is InChI=1S/C20H16Cl2NO5P/c21-16-10-6-11-17(22)20(16)23(18-12-5-4-7-14(18)13-19(24)25)29(26,27)28-15-8-2-1-3-9-15/h1-12H,13H2,(H,24,25)(H,26,27). The molecule has 3 aromatic carbocycles. The highest BCUT2D eigenvalue weighted by molar-refractivity contribution is 7.55. The SMILES string of the molecule is O=C(O)Cc1ccccc1N(c1c(Cl)cccc1Cl)P(=O)(O)Oc1ccccc1. The predicted octanol–water partition coefficient (Wildman–Crippen LogP) is 5.94. The normalized spacial score (nSPS) is 12.8. The summed E-state index contributed by atoms with van der Waals surface area (Å²) in [6.45, 7) is 0. The van der Waals surface area contributed by atoms with Crippen molar-refractivity contribution in [1.29, 1.82) is 0 Å². The smallest absolute Gasteiger partial charge is 0.481 e. The molecule has 0 aliphatic rings. The average molecular weight is 452 g/mol. The number of hydrogen-bond acceptors (Lipinski definition) is 3. The lowest BCUT2D eigenvalue weighted by Crippen LogP contribution is -2.20. The van der Waals surface area contributed by atoms with Crippen LogP contribution in [-0.4, -0.2) is 16.0 Å². The zero-order chi connectivity index (χ0) is 21.0. The summed E-state index contributed by atoms with van der Waals surface area (Å²) in [7, 11) is -4.62. The molecule has 0 saturated carbocycles. The fraction of sp³-hybridized carbons (Fsp3) is 0.0500. The Hall–Kier alpha value is -2.50. The fourth-order valence-electron chi connectivity index (χ4n) is 2.76. The van der Waals surface area contributed by atoms with Gasteiger partial charge in [-0.05, 0) is 35.9 Å². The van der Waals surface area contributed by atoms with Gasteiger partial charge in [-0.3, -0.25) is 9.69 Å². The molecule has 3 rings (SSSR count). The van der Waals surface area contributed by atoms with E-state index < -0.39 is 13.7 Å². The summed E-state index contributed by atoms with van der Waals surface area (Å²) in [5.74, 6) is -0.943. The first-order chi connectivity index (χ1) is 13.8. The minimum absolute atomic E-state index is 0.0374. The maximum Gasteiger partial charge on any atom is 0.491 e. The number of nitrogens with zero attached hydrogens (tertiary/aromatic N) is 1. The predicted molar refractivity (Wildman–Crippen MR) is 113 cm³/mol. The van der Waals surface area contributed by atoms with Crippen LogP contribution in [0, 0.1) is 0 Å². The molecule has 0 heterocycles. The zero-order valence-electron chi connectivity index (χ0n) is 14.9. The molecule has 150 valence electrons. The lowest BCUT2D eigenvalue weighted by molar-refractivity contribution is -0.136. The van der Waals surface area contributed by atoms with Crippen LogP contribution in [0.15, 0.2) is 72.8 Å². The summed E-state index contributed by atoms with van der Waals surface area (Å²) in [4.78, 5) is 22.3. The molecule has 0 aromatic heterocycles. The van der Waals surface area contributed by atoms with Crippen molar-refractivity contribution >= 4 is 48.3 Å². The van der Waals surface area contributed by atoms with E-state index in [0.717, 1.165) is 4.67 Å². The Morgan fingerprint density at radius 1 is 0.931 bits per heavy atom. The third-order valence-electron chi connectivity index (χ3n) is 3.93. The minimum atomic E-state index is -4.62. The Bertz CT molecular complexity index is 1060. The van der Waals surface area contributed by atoms with Gasteiger partial charge in [-0.15, -0.1) is 0 Å². The molecular formula is C20H16Cl2NO5P. The molecule has 0 aliphatic carbocycles. The van der Waals surface area contributed by atoms with Gasteiger partial charge < -0.3 is 9.63 Å². The second-order valence-corrected chi connectivity index (χ2v) is 8.35. The second-order valence-electron chi connectivity index (χ2n) is 5.98. The van der Waals surface area contributed by atoms with Crippen molar-refractivity contribution in [3.63, 3.8) is 0 Å². The van der Waals surface area contributed by atoms with Crippen molar-refractivity contribution in [2.75, 3.05) is 4.67 Å². The first-order valence-electron chi connectivity index (χ1n) is 8.41. The first kappa shape index (κ1) is 21.2. The third-order valence-corrected chi connectivity index (χ3v) is 5.91. The molecule has 6 nitrogen and oxygen atoms in total. The van der Waals surface area contributed by atoms with Crippen molar-refractivity contribution in [2.24, 2.45) is 0 Å². The van der Waals surface area contributed by atoms with Crippen molar-refractivity contribution in [3.8, 4) is 5.75 Å². The van der Waals surface area contributed by atoms with Crippen molar-refractivity contribution in [1.82, 2.24) is 0 Å². The Labute approximate surface area is 177 Å².